The van der Waals surface area contributed by atoms with Crippen LogP contribution in [0.1, 0.15) is 30.4 Å². The van der Waals surface area contributed by atoms with E-state index in [1.54, 1.807) is 6.07 Å². The molecular formula is C14H19FN2. The smallest absolute Gasteiger partial charge is 0.123 e. The lowest BCUT2D eigenvalue weighted by Crippen LogP contribution is -2.27. The van der Waals surface area contributed by atoms with Crippen molar-refractivity contribution in [3.8, 4) is 0 Å². The molecule has 1 aromatic carbocycles. The van der Waals surface area contributed by atoms with Crippen LogP contribution in [0.3, 0.4) is 0 Å². The Morgan fingerprint density at radius 2 is 2.24 bits per heavy atom. The third kappa shape index (κ3) is 3.55. The molecule has 1 aromatic rings. The van der Waals surface area contributed by atoms with Crippen molar-refractivity contribution in [2.24, 2.45) is 4.99 Å². The second-order valence-corrected chi connectivity index (χ2v) is 4.53. The third-order valence-corrected chi connectivity index (χ3v) is 3.15. The molecule has 0 aromatic heterocycles. The Balaban J connectivity index is 1.83. The lowest BCUT2D eigenvalue weighted by molar-refractivity contribution is 0.625. The van der Waals surface area contributed by atoms with E-state index in [0.717, 1.165) is 37.3 Å². The number of aliphatic imine (C=N–C) groups is 1. The summed E-state index contributed by atoms with van der Waals surface area (Å²) < 4.78 is 12.9. The molecule has 17 heavy (non-hydrogen) atoms. The highest BCUT2D eigenvalue weighted by Gasteiger charge is 2.05. The molecule has 0 radical (unpaired) electrons. The molecule has 0 amide bonds. The molecule has 3 heteroatoms. The zero-order valence-corrected chi connectivity index (χ0v) is 10.3. The monoisotopic (exact) mass is 234 g/mol. The van der Waals surface area contributed by atoms with Crippen LogP contribution in [-0.4, -0.2) is 18.9 Å². The van der Waals surface area contributed by atoms with Gasteiger partial charge in [-0.1, -0.05) is 6.07 Å². The molecule has 0 atom stereocenters. The van der Waals surface area contributed by atoms with Gasteiger partial charge in [0.25, 0.3) is 0 Å². The molecule has 2 nitrogen and oxygen atoms in total. The standard InChI is InChI=1S/C14H19FN2/c1-11-10-13(15)6-5-12(11)7-9-17-14-4-2-3-8-16-14/h5-6,10H,2-4,7-9H2,1H3,(H,16,17). The summed E-state index contributed by atoms with van der Waals surface area (Å²) in [6.45, 7) is 3.79. The fraction of sp³-hybridized carbons (Fsp3) is 0.500. The molecule has 1 aliphatic heterocycles. The van der Waals surface area contributed by atoms with E-state index >= 15 is 0 Å². The zero-order chi connectivity index (χ0) is 12.1. The third-order valence-electron chi connectivity index (χ3n) is 3.15. The van der Waals surface area contributed by atoms with Crippen molar-refractivity contribution < 1.29 is 4.39 Å². The van der Waals surface area contributed by atoms with Crippen LogP contribution >= 0.6 is 0 Å². The lowest BCUT2D eigenvalue weighted by Gasteiger charge is -2.14. The molecular weight excluding hydrogens is 215 g/mol. The van der Waals surface area contributed by atoms with Crippen LogP contribution in [0.5, 0.6) is 0 Å². The van der Waals surface area contributed by atoms with E-state index in [-0.39, 0.29) is 5.82 Å². The lowest BCUT2D eigenvalue weighted by atomic mass is 10.1. The first-order chi connectivity index (χ1) is 8.25. The van der Waals surface area contributed by atoms with Crippen molar-refractivity contribution in [3.63, 3.8) is 0 Å². The fourth-order valence-electron chi connectivity index (χ4n) is 2.12. The topological polar surface area (TPSA) is 24.4 Å². The Kier molecular flexibility index (Phi) is 4.13. The van der Waals surface area contributed by atoms with Gasteiger partial charge in [-0.25, -0.2) is 4.39 Å². The van der Waals surface area contributed by atoms with E-state index in [4.69, 9.17) is 0 Å². The fourth-order valence-corrected chi connectivity index (χ4v) is 2.12. The summed E-state index contributed by atoms with van der Waals surface area (Å²) in [5, 5.41) is 3.37. The van der Waals surface area contributed by atoms with Crippen LogP contribution in [0.4, 0.5) is 4.39 Å². The van der Waals surface area contributed by atoms with Gasteiger partial charge in [0.2, 0.25) is 0 Å². The Morgan fingerprint density at radius 3 is 2.94 bits per heavy atom. The second-order valence-electron chi connectivity index (χ2n) is 4.53. The van der Waals surface area contributed by atoms with E-state index in [2.05, 4.69) is 10.3 Å². The molecule has 0 fully saturated rings. The molecule has 92 valence electrons. The van der Waals surface area contributed by atoms with E-state index in [1.165, 1.54) is 24.5 Å². The summed E-state index contributed by atoms with van der Waals surface area (Å²) in [6, 6.07) is 4.99. The van der Waals surface area contributed by atoms with Gasteiger partial charge in [0.1, 0.15) is 5.82 Å². The van der Waals surface area contributed by atoms with Crippen molar-refractivity contribution >= 4 is 5.84 Å². The minimum absolute atomic E-state index is 0.157. The summed E-state index contributed by atoms with van der Waals surface area (Å²) in [4.78, 5) is 4.44. The molecule has 0 saturated carbocycles. The SMILES string of the molecule is Cc1cc(F)ccc1CCNC1=NCCCC1. The largest absolute Gasteiger partial charge is 0.374 e. The molecule has 0 aliphatic carbocycles. The maximum absolute atomic E-state index is 12.9. The number of benzene rings is 1. The minimum atomic E-state index is -0.157. The first-order valence-corrected chi connectivity index (χ1v) is 6.28. The Hall–Kier alpha value is -1.38. The molecule has 0 bridgehead atoms. The van der Waals surface area contributed by atoms with E-state index in [1.807, 2.05) is 13.0 Å². The first-order valence-electron chi connectivity index (χ1n) is 6.28. The van der Waals surface area contributed by atoms with Crippen LogP contribution in [0.15, 0.2) is 23.2 Å². The Bertz CT molecular complexity index is 413. The summed E-state index contributed by atoms with van der Waals surface area (Å²) in [5.74, 6) is 0.979. The van der Waals surface area contributed by atoms with Crippen LogP contribution < -0.4 is 5.32 Å². The number of hydrogen-bond donors (Lipinski definition) is 1. The van der Waals surface area contributed by atoms with Gasteiger partial charge < -0.3 is 5.32 Å². The molecule has 1 N–H and O–H groups in total. The number of amidine groups is 1. The van der Waals surface area contributed by atoms with Crippen molar-refractivity contribution in [2.75, 3.05) is 13.1 Å². The van der Waals surface area contributed by atoms with Crippen molar-refractivity contribution in [1.29, 1.82) is 0 Å². The molecule has 0 saturated heterocycles. The molecule has 1 heterocycles. The average Bonchev–Trinajstić information content (AvgIpc) is 2.33. The molecule has 0 spiro atoms. The van der Waals surface area contributed by atoms with Gasteiger partial charge >= 0.3 is 0 Å². The molecule has 1 aliphatic rings. The van der Waals surface area contributed by atoms with Gasteiger partial charge in [0.05, 0.1) is 5.84 Å². The number of halogens is 1. The number of aryl methyl sites for hydroxylation is 1. The maximum atomic E-state index is 12.9. The summed E-state index contributed by atoms with van der Waals surface area (Å²) in [6.07, 6.45) is 4.44. The average molecular weight is 234 g/mol. The van der Waals surface area contributed by atoms with Crippen LogP contribution in [-0.2, 0) is 6.42 Å². The highest BCUT2D eigenvalue weighted by Crippen LogP contribution is 2.10. The van der Waals surface area contributed by atoms with E-state index in [0.29, 0.717) is 0 Å². The number of nitrogens with zero attached hydrogens (tertiary/aromatic N) is 1. The summed E-state index contributed by atoms with van der Waals surface area (Å²) >= 11 is 0. The van der Waals surface area contributed by atoms with Gasteiger partial charge in [-0.2, -0.15) is 0 Å². The Morgan fingerprint density at radius 1 is 1.35 bits per heavy atom. The minimum Gasteiger partial charge on any atom is -0.374 e. The van der Waals surface area contributed by atoms with Gasteiger partial charge in [0, 0.05) is 19.5 Å². The summed E-state index contributed by atoms with van der Waals surface area (Å²) in [7, 11) is 0. The van der Waals surface area contributed by atoms with Gasteiger partial charge in [0.15, 0.2) is 0 Å². The van der Waals surface area contributed by atoms with Crippen LogP contribution in [0.2, 0.25) is 0 Å². The zero-order valence-electron chi connectivity index (χ0n) is 10.3. The second kappa shape index (κ2) is 5.80. The van der Waals surface area contributed by atoms with E-state index < -0.39 is 0 Å². The number of rotatable bonds is 3. The first kappa shape index (κ1) is 12.1. The Labute approximate surface area is 102 Å². The maximum Gasteiger partial charge on any atom is 0.123 e. The van der Waals surface area contributed by atoms with Crippen LogP contribution in [0.25, 0.3) is 0 Å². The molecule has 0 unspecified atom stereocenters. The van der Waals surface area contributed by atoms with E-state index in [9.17, 15) is 4.39 Å². The van der Waals surface area contributed by atoms with Gasteiger partial charge in [-0.15, -0.1) is 0 Å². The van der Waals surface area contributed by atoms with Gasteiger partial charge in [-0.3, -0.25) is 4.99 Å². The van der Waals surface area contributed by atoms with Crippen molar-refractivity contribution in [1.82, 2.24) is 5.32 Å². The predicted molar refractivity (Wildman–Crippen MR) is 69.0 cm³/mol. The number of hydrogen-bond acceptors (Lipinski definition) is 2. The normalized spacial score (nSPS) is 15.5. The number of nitrogens with one attached hydrogen (secondary N) is 1. The quantitative estimate of drug-likeness (QED) is 0.854. The predicted octanol–water partition coefficient (Wildman–Crippen LogP) is 2.85. The highest BCUT2D eigenvalue weighted by molar-refractivity contribution is 5.82. The highest BCUT2D eigenvalue weighted by atomic mass is 19.1. The van der Waals surface area contributed by atoms with Crippen molar-refractivity contribution in [3.05, 3.63) is 35.1 Å². The molecule has 2 rings (SSSR count). The van der Waals surface area contributed by atoms with Gasteiger partial charge in [-0.05, 0) is 49.4 Å². The van der Waals surface area contributed by atoms with Crippen molar-refractivity contribution in [2.45, 2.75) is 32.6 Å². The van der Waals surface area contributed by atoms with Crippen LogP contribution in [0, 0.1) is 12.7 Å². The summed E-state index contributed by atoms with van der Waals surface area (Å²) in [5.41, 5.74) is 2.23.